The third kappa shape index (κ3) is 4.88. The van der Waals surface area contributed by atoms with E-state index in [1.54, 1.807) is 11.8 Å². The van der Waals surface area contributed by atoms with E-state index in [0.29, 0.717) is 18.5 Å². The first-order chi connectivity index (χ1) is 9.51. The van der Waals surface area contributed by atoms with Crippen LogP contribution in [0.2, 0.25) is 0 Å². The van der Waals surface area contributed by atoms with Gasteiger partial charge in [-0.2, -0.15) is 0 Å². The van der Waals surface area contributed by atoms with Gasteiger partial charge in [0, 0.05) is 22.0 Å². The maximum absolute atomic E-state index is 12.5. The second-order valence-corrected chi connectivity index (χ2v) is 7.72. The molecule has 3 atom stereocenters. The summed E-state index contributed by atoms with van der Waals surface area (Å²) in [4.78, 5) is 15.7. The number of rotatable bonds is 4. The standard InChI is InChI=1S/C15H21BrN2OS.ClH/c1-10-7-12(8-17)9-18(10)15(19)11(2)20-14-5-3-13(16)4-6-14;/h3-6,10-12H,7-9,17H2,1-2H3;1H. The predicted octanol–water partition coefficient (Wildman–Crippen LogP) is 3.55. The van der Waals surface area contributed by atoms with Gasteiger partial charge >= 0.3 is 0 Å². The Morgan fingerprint density at radius 2 is 2.10 bits per heavy atom. The van der Waals surface area contributed by atoms with Crippen LogP contribution >= 0.6 is 40.1 Å². The molecule has 3 unspecified atom stereocenters. The van der Waals surface area contributed by atoms with Gasteiger partial charge in [0.1, 0.15) is 0 Å². The molecule has 1 heterocycles. The number of thioether (sulfide) groups is 1. The van der Waals surface area contributed by atoms with Crippen molar-refractivity contribution in [3.63, 3.8) is 0 Å². The Morgan fingerprint density at radius 3 is 2.62 bits per heavy atom. The van der Waals surface area contributed by atoms with Gasteiger partial charge in [-0.3, -0.25) is 4.79 Å². The van der Waals surface area contributed by atoms with Crippen molar-refractivity contribution >= 4 is 46.0 Å². The Hall–Kier alpha value is -0.230. The van der Waals surface area contributed by atoms with Crippen LogP contribution in [0.25, 0.3) is 0 Å². The number of nitrogens with two attached hydrogens (primary N) is 1. The molecule has 2 N–H and O–H groups in total. The Morgan fingerprint density at radius 1 is 1.48 bits per heavy atom. The topological polar surface area (TPSA) is 46.3 Å². The zero-order chi connectivity index (χ0) is 14.7. The van der Waals surface area contributed by atoms with E-state index in [2.05, 4.69) is 22.9 Å². The molecule has 1 aromatic rings. The van der Waals surface area contributed by atoms with E-state index >= 15 is 0 Å². The summed E-state index contributed by atoms with van der Waals surface area (Å²) in [5.74, 6) is 0.681. The molecular weight excluding hydrogens is 372 g/mol. The maximum Gasteiger partial charge on any atom is 0.236 e. The summed E-state index contributed by atoms with van der Waals surface area (Å²) < 4.78 is 1.06. The van der Waals surface area contributed by atoms with Crippen molar-refractivity contribution in [1.82, 2.24) is 4.90 Å². The largest absolute Gasteiger partial charge is 0.339 e. The first-order valence-corrected chi connectivity index (χ1v) is 8.61. The Labute approximate surface area is 145 Å². The first-order valence-electron chi connectivity index (χ1n) is 6.94. The van der Waals surface area contributed by atoms with Crippen molar-refractivity contribution in [2.75, 3.05) is 13.1 Å². The van der Waals surface area contributed by atoms with E-state index < -0.39 is 0 Å². The van der Waals surface area contributed by atoms with Gasteiger partial charge in [-0.05, 0) is 57.0 Å². The number of halogens is 2. The van der Waals surface area contributed by atoms with Gasteiger partial charge in [0.05, 0.1) is 5.25 Å². The number of hydrogen-bond donors (Lipinski definition) is 1. The summed E-state index contributed by atoms with van der Waals surface area (Å²) in [6.45, 7) is 5.58. The summed E-state index contributed by atoms with van der Waals surface area (Å²) in [7, 11) is 0. The Kier molecular flexibility index (Phi) is 7.54. The fraction of sp³-hybridized carbons (Fsp3) is 0.533. The molecule has 1 fully saturated rings. The highest BCUT2D eigenvalue weighted by molar-refractivity contribution is 9.10. The SMILES string of the molecule is CC(Sc1ccc(Br)cc1)C(=O)N1CC(CN)CC1C.Cl. The molecular formula is C15H22BrClN2OS. The summed E-state index contributed by atoms with van der Waals surface area (Å²) >= 11 is 5.04. The van der Waals surface area contributed by atoms with Crippen molar-refractivity contribution in [3.05, 3.63) is 28.7 Å². The van der Waals surface area contributed by atoms with E-state index in [1.807, 2.05) is 36.1 Å². The van der Waals surface area contributed by atoms with E-state index in [-0.39, 0.29) is 23.6 Å². The maximum atomic E-state index is 12.5. The summed E-state index contributed by atoms with van der Waals surface area (Å²) in [5, 5.41) is -0.0600. The van der Waals surface area contributed by atoms with Gasteiger partial charge < -0.3 is 10.6 Å². The van der Waals surface area contributed by atoms with Crippen molar-refractivity contribution in [1.29, 1.82) is 0 Å². The lowest BCUT2D eigenvalue weighted by atomic mass is 10.1. The van der Waals surface area contributed by atoms with Crippen molar-refractivity contribution in [2.24, 2.45) is 11.7 Å². The van der Waals surface area contributed by atoms with Crippen LogP contribution in [0, 0.1) is 5.92 Å². The minimum absolute atomic E-state index is 0. The number of amides is 1. The van der Waals surface area contributed by atoms with Crippen LogP contribution in [0.5, 0.6) is 0 Å². The van der Waals surface area contributed by atoms with Crippen LogP contribution in [0.1, 0.15) is 20.3 Å². The second kappa shape index (κ2) is 8.42. The minimum atomic E-state index is -0.0600. The number of hydrogen-bond acceptors (Lipinski definition) is 3. The molecule has 1 aliphatic rings. The van der Waals surface area contributed by atoms with Crippen LogP contribution in [0.4, 0.5) is 0 Å². The molecule has 6 heteroatoms. The molecule has 3 nitrogen and oxygen atoms in total. The lowest BCUT2D eigenvalue weighted by Crippen LogP contribution is -2.39. The second-order valence-electron chi connectivity index (χ2n) is 5.39. The highest BCUT2D eigenvalue weighted by atomic mass is 79.9. The summed E-state index contributed by atoms with van der Waals surface area (Å²) in [6.07, 6.45) is 1.03. The van der Waals surface area contributed by atoms with Gasteiger partial charge in [-0.15, -0.1) is 24.2 Å². The van der Waals surface area contributed by atoms with Gasteiger partial charge in [0.25, 0.3) is 0 Å². The quantitative estimate of drug-likeness (QED) is 0.796. The molecule has 0 aromatic heterocycles. The third-order valence-electron chi connectivity index (χ3n) is 3.75. The number of carbonyl (C=O) groups excluding carboxylic acids is 1. The lowest BCUT2D eigenvalue weighted by Gasteiger charge is -2.25. The number of likely N-dealkylation sites (tertiary alicyclic amines) is 1. The molecule has 0 bridgehead atoms. The van der Waals surface area contributed by atoms with Gasteiger partial charge in [0.2, 0.25) is 5.91 Å². The zero-order valence-electron chi connectivity index (χ0n) is 12.3. The molecule has 1 aromatic carbocycles. The fourth-order valence-corrected chi connectivity index (χ4v) is 3.82. The smallest absolute Gasteiger partial charge is 0.236 e. The zero-order valence-corrected chi connectivity index (χ0v) is 15.5. The van der Waals surface area contributed by atoms with Gasteiger partial charge in [-0.1, -0.05) is 15.9 Å². The molecule has 2 rings (SSSR count). The first kappa shape index (κ1) is 18.8. The number of carbonyl (C=O) groups is 1. The van der Waals surface area contributed by atoms with Crippen molar-refractivity contribution < 1.29 is 4.79 Å². The summed E-state index contributed by atoms with van der Waals surface area (Å²) in [6, 6.07) is 8.39. The van der Waals surface area contributed by atoms with E-state index in [9.17, 15) is 4.79 Å². The molecule has 21 heavy (non-hydrogen) atoms. The Bertz CT molecular complexity index is 471. The van der Waals surface area contributed by atoms with Crippen LogP contribution < -0.4 is 5.73 Å². The fourth-order valence-electron chi connectivity index (χ4n) is 2.62. The van der Waals surface area contributed by atoms with Crippen LogP contribution in [-0.2, 0) is 4.79 Å². The molecule has 0 aliphatic carbocycles. The van der Waals surface area contributed by atoms with E-state index in [1.165, 1.54) is 0 Å². The molecule has 1 aliphatic heterocycles. The predicted molar refractivity (Wildman–Crippen MR) is 95.0 cm³/mol. The molecule has 118 valence electrons. The van der Waals surface area contributed by atoms with E-state index in [0.717, 1.165) is 22.3 Å². The average molecular weight is 394 g/mol. The minimum Gasteiger partial charge on any atom is -0.339 e. The monoisotopic (exact) mass is 392 g/mol. The number of benzene rings is 1. The normalized spacial score (nSPS) is 22.8. The highest BCUT2D eigenvalue weighted by Crippen LogP contribution is 2.29. The number of nitrogens with zero attached hydrogens (tertiary/aromatic N) is 1. The highest BCUT2D eigenvalue weighted by Gasteiger charge is 2.33. The van der Waals surface area contributed by atoms with Crippen LogP contribution in [-0.4, -0.2) is 35.2 Å². The van der Waals surface area contributed by atoms with E-state index in [4.69, 9.17) is 5.73 Å². The average Bonchev–Trinajstić information content (AvgIpc) is 2.81. The molecule has 1 saturated heterocycles. The Balaban J connectivity index is 0.00000220. The van der Waals surface area contributed by atoms with Gasteiger partial charge in [-0.25, -0.2) is 0 Å². The molecule has 0 saturated carbocycles. The molecule has 1 amide bonds. The van der Waals surface area contributed by atoms with Crippen LogP contribution in [0.15, 0.2) is 33.6 Å². The van der Waals surface area contributed by atoms with Crippen molar-refractivity contribution in [3.8, 4) is 0 Å². The van der Waals surface area contributed by atoms with Gasteiger partial charge in [0.15, 0.2) is 0 Å². The third-order valence-corrected chi connectivity index (χ3v) is 5.38. The van der Waals surface area contributed by atoms with Crippen LogP contribution in [0.3, 0.4) is 0 Å². The van der Waals surface area contributed by atoms with Crippen molar-refractivity contribution in [2.45, 2.75) is 36.5 Å². The summed E-state index contributed by atoms with van der Waals surface area (Å²) in [5.41, 5.74) is 5.72. The molecule has 0 radical (unpaired) electrons. The molecule has 0 spiro atoms. The lowest BCUT2D eigenvalue weighted by molar-refractivity contribution is -0.130.